The first-order chi connectivity index (χ1) is 10.3. The first-order valence-corrected chi connectivity index (χ1v) is 8.61. The number of hydrogen-bond acceptors (Lipinski definition) is 1. The average molecular weight is 446 g/mol. The number of hydrogen-bond donors (Lipinski definition) is 1. The van der Waals surface area contributed by atoms with Crippen LogP contribution >= 0.6 is 45.8 Å². The Hall–Kier alpha value is -0.910. The van der Waals surface area contributed by atoms with E-state index in [1.54, 1.807) is 0 Å². The Kier molecular flexibility index (Phi) is 4.08. The van der Waals surface area contributed by atoms with Crippen LogP contribution in [0.25, 0.3) is 10.8 Å². The molecule has 1 heterocycles. The van der Waals surface area contributed by atoms with Crippen LogP contribution < -0.4 is 0 Å². The van der Waals surface area contributed by atoms with Crippen molar-refractivity contribution in [3.8, 4) is 5.88 Å². The second-order valence-corrected chi connectivity index (χ2v) is 7.64. The lowest BCUT2D eigenvalue weighted by atomic mass is 9.94. The molecule has 0 amide bonds. The van der Waals surface area contributed by atoms with Crippen LogP contribution in [0.3, 0.4) is 0 Å². The van der Waals surface area contributed by atoms with Gasteiger partial charge in [0.2, 0.25) is 5.88 Å². The van der Waals surface area contributed by atoms with Crippen molar-refractivity contribution < 1.29 is 5.11 Å². The third-order valence-electron chi connectivity index (χ3n) is 4.00. The minimum Gasteiger partial charge on any atom is -0.494 e. The second kappa shape index (κ2) is 5.62. The monoisotopic (exact) mass is 445 g/mol. The zero-order chi connectivity index (χ0) is 16.1. The van der Waals surface area contributed by atoms with Crippen molar-refractivity contribution in [3.05, 3.63) is 61.8 Å². The van der Waals surface area contributed by atoms with Gasteiger partial charge in [-0.2, -0.15) is 0 Å². The number of rotatable bonds is 2. The molecule has 0 aliphatic carbocycles. The van der Waals surface area contributed by atoms with Crippen molar-refractivity contribution in [2.45, 2.75) is 19.4 Å². The molecule has 2 aromatic carbocycles. The van der Waals surface area contributed by atoms with Gasteiger partial charge >= 0.3 is 0 Å². The smallest absolute Gasteiger partial charge is 0.201 e. The van der Waals surface area contributed by atoms with Crippen molar-refractivity contribution in [2.75, 3.05) is 0 Å². The summed E-state index contributed by atoms with van der Waals surface area (Å²) in [5.74, 6) is 0.134. The molecule has 0 aliphatic heterocycles. The van der Waals surface area contributed by atoms with Crippen LogP contribution in [0, 0.1) is 3.57 Å². The van der Waals surface area contributed by atoms with Crippen molar-refractivity contribution in [1.82, 2.24) is 4.57 Å². The zero-order valence-electron chi connectivity index (χ0n) is 12.1. The largest absolute Gasteiger partial charge is 0.494 e. The third kappa shape index (κ3) is 2.39. The summed E-state index contributed by atoms with van der Waals surface area (Å²) >= 11 is 14.7. The zero-order valence-corrected chi connectivity index (χ0v) is 15.7. The molecule has 114 valence electrons. The summed E-state index contributed by atoms with van der Waals surface area (Å²) in [6.07, 6.45) is 1.93. The standard InChI is InChI=1S/C17H14Cl2INO/c1-17(2,10-6-4-3-5-7-10)21-9-11-13(20)8-12(18)15(19)14(11)16(21)22/h3-9,22H,1-2H3. The van der Waals surface area contributed by atoms with E-state index in [2.05, 4.69) is 36.4 Å². The van der Waals surface area contributed by atoms with Gasteiger partial charge in [0, 0.05) is 15.2 Å². The SMILES string of the molecule is CC(C)(c1ccccc1)n1cc2c(I)cc(Cl)c(Cl)c2c1O. The van der Waals surface area contributed by atoms with Crippen LogP contribution in [-0.2, 0) is 5.54 Å². The molecule has 0 aliphatic rings. The topological polar surface area (TPSA) is 25.2 Å². The summed E-state index contributed by atoms with van der Waals surface area (Å²) in [7, 11) is 0. The Morgan fingerprint density at radius 3 is 2.41 bits per heavy atom. The van der Waals surface area contributed by atoms with Crippen LogP contribution in [-0.4, -0.2) is 9.67 Å². The van der Waals surface area contributed by atoms with E-state index in [9.17, 15) is 5.11 Å². The first kappa shape index (κ1) is 16.0. The molecule has 0 spiro atoms. The fourth-order valence-corrected chi connectivity index (χ4v) is 4.03. The van der Waals surface area contributed by atoms with Gasteiger partial charge in [-0.05, 0) is 48.1 Å². The molecule has 2 nitrogen and oxygen atoms in total. The highest BCUT2D eigenvalue weighted by atomic mass is 127. The van der Waals surface area contributed by atoms with E-state index >= 15 is 0 Å². The lowest BCUT2D eigenvalue weighted by Gasteiger charge is -2.28. The normalized spacial score (nSPS) is 12.0. The lowest BCUT2D eigenvalue weighted by Crippen LogP contribution is -2.26. The molecule has 5 heteroatoms. The van der Waals surface area contributed by atoms with E-state index in [0.29, 0.717) is 15.4 Å². The van der Waals surface area contributed by atoms with E-state index in [4.69, 9.17) is 23.2 Å². The molecule has 0 atom stereocenters. The maximum Gasteiger partial charge on any atom is 0.201 e. The maximum absolute atomic E-state index is 10.7. The minimum absolute atomic E-state index is 0.134. The summed E-state index contributed by atoms with van der Waals surface area (Å²) in [6.45, 7) is 4.12. The molecule has 0 saturated heterocycles. The Morgan fingerprint density at radius 1 is 1.14 bits per heavy atom. The molecule has 0 radical (unpaired) electrons. The molecular formula is C17H14Cl2INO. The average Bonchev–Trinajstić information content (AvgIpc) is 2.85. The quantitative estimate of drug-likeness (QED) is 0.377. The fraction of sp³-hybridized carbons (Fsp3) is 0.176. The van der Waals surface area contributed by atoms with Gasteiger partial charge in [0.05, 0.1) is 21.0 Å². The van der Waals surface area contributed by atoms with E-state index in [-0.39, 0.29) is 5.88 Å². The van der Waals surface area contributed by atoms with Crippen LogP contribution in [0.5, 0.6) is 5.88 Å². The molecule has 1 N–H and O–H groups in total. The highest BCUT2D eigenvalue weighted by Crippen LogP contribution is 2.43. The molecule has 3 rings (SSSR count). The van der Waals surface area contributed by atoms with Crippen molar-refractivity contribution in [3.63, 3.8) is 0 Å². The number of fused-ring (bicyclic) bond motifs is 1. The molecule has 0 fully saturated rings. The van der Waals surface area contributed by atoms with Crippen LogP contribution in [0.2, 0.25) is 10.0 Å². The van der Waals surface area contributed by atoms with E-state index in [1.807, 2.05) is 47.2 Å². The highest BCUT2D eigenvalue weighted by molar-refractivity contribution is 14.1. The van der Waals surface area contributed by atoms with E-state index in [1.165, 1.54) is 0 Å². The van der Waals surface area contributed by atoms with Gasteiger partial charge in [0.15, 0.2) is 0 Å². The Labute approximate surface area is 152 Å². The molecule has 22 heavy (non-hydrogen) atoms. The summed E-state index contributed by atoms with van der Waals surface area (Å²) in [5, 5.41) is 13.1. The number of halogens is 3. The second-order valence-electron chi connectivity index (χ2n) is 5.69. The first-order valence-electron chi connectivity index (χ1n) is 6.77. The molecule has 1 aromatic heterocycles. The van der Waals surface area contributed by atoms with Gasteiger partial charge in [-0.1, -0.05) is 53.5 Å². The highest BCUT2D eigenvalue weighted by Gasteiger charge is 2.28. The fourth-order valence-electron chi connectivity index (χ4n) is 2.68. The molecule has 0 saturated carbocycles. The maximum atomic E-state index is 10.7. The summed E-state index contributed by atoms with van der Waals surface area (Å²) in [5.41, 5.74) is 0.686. The number of nitrogens with zero attached hydrogens (tertiary/aromatic N) is 1. The Balaban J connectivity index is 2.31. The van der Waals surface area contributed by atoms with Crippen LogP contribution in [0.4, 0.5) is 0 Å². The van der Waals surface area contributed by atoms with Gasteiger partial charge in [-0.3, -0.25) is 0 Å². The number of benzene rings is 2. The molecule has 0 unspecified atom stereocenters. The predicted molar refractivity (Wildman–Crippen MR) is 101 cm³/mol. The summed E-state index contributed by atoms with van der Waals surface area (Å²) < 4.78 is 2.80. The van der Waals surface area contributed by atoms with Crippen molar-refractivity contribution in [2.24, 2.45) is 0 Å². The van der Waals surface area contributed by atoms with Gasteiger partial charge < -0.3 is 9.67 Å². The van der Waals surface area contributed by atoms with Gasteiger partial charge in [0.25, 0.3) is 0 Å². The summed E-state index contributed by atoms with van der Waals surface area (Å²) in [6, 6.07) is 11.9. The molecular weight excluding hydrogens is 432 g/mol. The number of aromatic hydroxyl groups is 1. The van der Waals surface area contributed by atoms with E-state index < -0.39 is 5.54 Å². The minimum atomic E-state index is -0.413. The van der Waals surface area contributed by atoms with Crippen molar-refractivity contribution in [1.29, 1.82) is 0 Å². The molecule has 0 bridgehead atoms. The van der Waals surface area contributed by atoms with Gasteiger partial charge in [0.1, 0.15) is 0 Å². The van der Waals surface area contributed by atoms with Gasteiger partial charge in [-0.25, -0.2) is 0 Å². The number of aromatic nitrogens is 1. The van der Waals surface area contributed by atoms with E-state index in [0.717, 1.165) is 14.5 Å². The predicted octanol–water partition coefficient (Wildman–Crippen LogP) is 6.04. The lowest BCUT2D eigenvalue weighted by molar-refractivity contribution is 0.350. The Morgan fingerprint density at radius 2 is 1.77 bits per heavy atom. The Bertz CT molecular complexity index is 856. The van der Waals surface area contributed by atoms with Gasteiger partial charge in [-0.15, -0.1) is 0 Å². The molecule has 3 aromatic rings. The summed E-state index contributed by atoms with van der Waals surface area (Å²) in [4.78, 5) is 0. The third-order valence-corrected chi connectivity index (χ3v) is 5.68. The van der Waals surface area contributed by atoms with Crippen molar-refractivity contribution >= 4 is 56.6 Å². The van der Waals surface area contributed by atoms with Crippen LogP contribution in [0.1, 0.15) is 19.4 Å². The van der Waals surface area contributed by atoms with Crippen LogP contribution in [0.15, 0.2) is 42.6 Å².